The summed E-state index contributed by atoms with van der Waals surface area (Å²) in [7, 11) is 0. The lowest BCUT2D eigenvalue weighted by atomic mass is 10.2. The lowest BCUT2D eigenvalue weighted by Crippen LogP contribution is -2.19. The number of aryl methyl sites for hydroxylation is 1. The zero-order chi connectivity index (χ0) is 11.5. The molecule has 1 N–H and O–H groups in total. The highest BCUT2D eigenvalue weighted by atomic mass is 79.9. The standard InChI is InChI=1S/C13H18BrNO/c1-9-3-6-13(12(14)7-9)15-8-11-5-4-10(2)16-11/h3,6-7,10-11,15H,4-5,8H2,1-2H3. The summed E-state index contributed by atoms with van der Waals surface area (Å²) in [5, 5.41) is 3.43. The van der Waals surface area contributed by atoms with Crippen LogP contribution in [0.5, 0.6) is 0 Å². The Kier molecular flexibility index (Phi) is 3.87. The van der Waals surface area contributed by atoms with Gasteiger partial charge in [-0.15, -0.1) is 0 Å². The smallest absolute Gasteiger partial charge is 0.0751 e. The van der Waals surface area contributed by atoms with E-state index in [2.05, 4.69) is 53.3 Å². The maximum absolute atomic E-state index is 5.77. The maximum Gasteiger partial charge on any atom is 0.0751 e. The summed E-state index contributed by atoms with van der Waals surface area (Å²) in [6, 6.07) is 6.35. The second kappa shape index (κ2) is 5.19. The molecule has 2 unspecified atom stereocenters. The number of ether oxygens (including phenoxy) is 1. The Balaban J connectivity index is 1.89. The molecule has 0 aromatic heterocycles. The first kappa shape index (κ1) is 11.9. The van der Waals surface area contributed by atoms with Gasteiger partial charge in [-0.1, -0.05) is 6.07 Å². The predicted molar refractivity (Wildman–Crippen MR) is 70.9 cm³/mol. The van der Waals surface area contributed by atoms with Crippen molar-refractivity contribution >= 4 is 21.6 Å². The average Bonchev–Trinajstić information content (AvgIpc) is 2.63. The Morgan fingerprint density at radius 3 is 2.88 bits per heavy atom. The second-order valence-electron chi connectivity index (χ2n) is 4.51. The van der Waals surface area contributed by atoms with Crippen LogP contribution in [-0.2, 0) is 4.74 Å². The molecule has 1 aliphatic rings. The van der Waals surface area contributed by atoms with Crippen molar-refractivity contribution in [1.82, 2.24) is 0 Å². The minimum atomic E-state index is 0.364. The largest absolute Gasteiger partial charge is 0.382 e. The summed E-state index contributed by atoms with van der Waals surface area (Å²) in [4.78, 5) is 0. The number of hydrogen-bond donors (Lipinski definition) is 1. The van der Waals surface area contributed by atoms with Gasteiger partial charge in [0, 0.05) is 16.7 Å². The molecule has 0 bridgehead atoms. The Morgan fingerprint density at radius 1 is 1.44 bits per heavy atom. The van der Waals surface area contributed by atoms with Crippen molar-refractivity contribution in [2.24, 2.45) is 0 Å². The van der Waals surface area contributed by atoms with Crippen LogP contribution in [0.3, 0.4) is 0 Å². The van der Waals surface area contributed by atoms with Gasteiger partial charge in [0.25, 0.3) is 0 Å². The summed E-state index contributed by atoms with van der Waals surface area (Å²) >= 11 is 3.57. The topological polar surface area (TPSA) is 21.3 Å². The minimum absolute atomic E-state index is 0.364. The van der Waals surface area contributed by atoms with E-state index in [0.717, 1.165) is 23.1 Å². The SMILES string of the molecule is Cc1ccc(NCC2CCC(C)O2)c(Br)c1. The van der Waals surface area contributed by atoms with Crippen LogP contribution in [0.1, 0.15) is 25.3 Å². The fraction of sp³-hybridized carbons (Fsp3) is 0.538. The summed E-state index contributed by atoms with van der Waals surface area (Å²) < 4.78 is 6.89. The predicted octanol–water partition coefficient (Wildman–Crippen LogP) is 3.74. The third-order valence-electron chi connectivity index (χ3n) is 2.96. The molecule has 3 heteroatoms. The fourth-order valence-electron chi connectivity index (χ4n) is 2.02. The Bertz CT molecular complexity index is 367. The van der Waals surface area contributed by atoms with Crippen LogP contribution in [0.15, 0.2) is 22.7 Å². The second-order valence-corrected chi connectivity index (χ2v) is 5.36. The highest BCUT2D eigenvalue weighted by Crippen LogP contribution is 2.25. The van der Waals surface area contributed by atoms with Gasteiger partial charge < -0.3 is 10.1 Å². The van der Waals surface area contributed by atoms with Gasteiger partial charge in [-0.3, -0.25) is 0 Å². The molecule has 1 aliphatic heterocycles. The molecule has 0 amide bonds. The third kappa shape index (κ3) is 2.98. The van der Waals surface area contributed by atoms with Crippen LogP contribution in [-0.4, -0.2) is 18.8 Å². The van der Waals surface area contributed by atoms with Gasteiger partial charge in [0.1, 0.15) is 0 Å². The van der Waals surface area contributed by atoms with Crippen LogP contribution in [0.4, 0.5) is 5.69 Å². The van der Waals surface area contributed by atoms with E-state index in [1.165, 1.54) is 12.0 Å². The molecule has 2 nitrogen and oxygen atoms in total. The van der Waals surface area contributed by atoms with E-state index in [-0.39, 0.29) is 0 Å². The third-order valence-corrected chi connectivity index (χ3v) is 3.62. The normalized spacial score (nSPS) is 24.7. The van der Waals surface area contributed by atoms with Crippen LogP contribution >= 0.6 is 15.9 Å². The van der Waals surface area contributed by atoms with E-state index in [1.54, 1.807) is 0 Å². The highest BCUT2D eigenvalue weighted by molar-refractivity contribution is 9.10. The van der Waals surface area contributed by atoms with Crippen molar-refractivity contribution in [3.8, 4) is 0 Å². The lowest BCUT2D eigenvalue weighted by molar-refractivity contribution is 0.0637. The zero-order valence-electron chi connectivity index (χ0n) is 9.79. The summed E-state index contributed by atoms with van der Waals surface area (Å²) in [6.07, 6.45) is 3.13. The Morgan fingerprint density at radius 2 is 2.25 bits per heavy atom. The number of halogens is 1. The van der Waals surface area contributed by atoms with Gasteiger partial charge in [0.15, 0.2) is 0 Å². The van der Waals surface area contributed by atoms with Crippen LogP contribution < -0.4 is 5.32 Å². The number of benzene rings is 1. The molecule has 2 rings (SSSR count). The molecule has 16 heavy (non-hydrogen) atoms. The van der Waals surface area contributed by atoms with E-state index < -0.39 is 0 Å². The van der Waals surface area contributed by atoms with Crippen molar-refractivity contribution < 1.29 is 4.74 Å². The van der Waals surface area contributed by atoms with Gasteiger partial charge in [0.2, 0.25) is 0 Å². The summed E-state index contributed by atoms with van der Waals surface area (Å²) in [5.74, 6) is 0. The number of hydrogen-bond acceptors (Lipinski definition) is 2. The molecular weight excluding hydrogens is 266 g/mol. The van der Waals surface area contributed by atoms with Gasteiger partial charge in [-0.25, -0.2) is 0 Å². The van der Waals surface area contributed by atoms with Crippen molar-refractivity contribution in [1.29, 1.82) is 0 Å². The fourth-order valence-corrected chi connectivity index (χ4v) is 2.66. The summed E-state index contributed by atoms with van der Waals surface area (Å²) in [5.41, 5.74) is 2.41. The average molecular weight is 284 g/mol. The number of rotatable bonds is 3. The lowest BCUT2D eigenvalue weighted by Gasteiger charge is -2.14. The molecule has 1 saturated heterocycles. The van der Waals surface area contributed by atoms with E-state index in [0.29, 0.717) is 12.2 Å². The van der Waals surface area contributed by atoms with Gasteiger partial charge in [0.05, 0.1) is 12.2 Å². The van der Waals surface area contributed by atoms with Gasteiger partial charge in [-0.05, 0) is 60.3 Å². The number of anilines is 1. The monoisotopic (exact) mass is 283 g/mol. The quantitative estimate of drug-likeness (QED) is 0.913. The molecule has 1 fully saturated rings. The summed E-state index contributed by atoms with van der Waals surface area (Å²) in [6.45, 7) is 5.13. The Labute approximate surface area is 106 Å². The molecule has 0 saturated carbocycles. The molecule has 0 spiro atoms. The van der Waals surface area contributed by atoms with Crippen molar-refractivity contribution in [3.05, 3.63) is 28.2 Å². The highest BCUT2D eigenvalue weighted by Gasteiger charge is 2.21. The zero-order valence-corrected chi connectivity index (χ0v) is 11.4. The Hall–Kier alpha value is -0.540. The molecule has 1 heterocycles. The van der Waals surface area contributed by atoms with Crippen LogP contribution in [0.2, 0.25) is 0 Å². The first-order chi connectivity index (χ1) is 7.65. The van der Waals surface area contributed by atoms with Gasteiger partial charge >= 0.3 is 0 Å². The molecular formula is C13H18BrNO. The first-order valence-corrected chi connectivity index (χ1v) is 6.60. The van der Waals surface area contributed by atoms with Crippen LogP contribution in [0, 0.1) is 6.92 Å². The van der Waals surface area contributed by atoms with E-state index >= 15 is 0 Å². The maximum atomic E-state index is 5.77. The molecule has 88 valence electrons. The van der Waals surface area contributed by atoms with Crippen molar-refractivity contribution in [2.45, 2.75) is 38.9 Å². The minimum Gasteiger partial charge on any atom is -0.382 e. The van der Waals surface area contributed by atoms with Gasteiger partial charge in [-0.2, -0.15) is 0 Å². The molecule has 0 radical (unpaired) electrons. The molecule has 1 aromatic carbocycles. The van der Waals surface area contributed by atoms with E-state index in [9.17, 15) is 0 Å². The van der Waals surface area contributed by atoms with E-state index in [4.69, 9.17) is 4.74 Å². The molecule has 1 aromatic rings. The molecule has 0 aliphatic carbocycles. The van der Waals surface area contributed by atoms with E-state index in [1.807, 2.05) is 0 Å². The van der Waals surface area contributed by atoms with Crippen LogP contribution in [0.25, 0.3) is 0 Å². The molecule has 2 atom stereocenters. The van der Waals surface area contributed by atoms with Crippen molar-refractivity contribution in [3.63, 3.8) is 0 Å². The van der Waals surface area contributed by atoms with Crippen molar-refractivity contribution in [2.75, 3.05) is 11.9 Å². The first-order valence-electron chi connectivity index (χ1n) is 5.80. The number of nitrogens with one attached hydrogen (secondary N) is 1.